The number of nitrogen functional groups attached to an aromatic ring is 1. The maximum atomic E-state index is 12.5. The number of methoxy groups -OCH3 is 1. The van der Waals surface area contributed by atoms with Crippen molar-refractivity contribution in [2.24, 2.45) is 5.92 Å². The summed E-state index contributed by atoms with van der Waals surface area (Å²) >= 11 is 6.00. The van der Waals surface area contributed by atoms with Crippen molar-refractivity contribution >= 4 is 35.6 Å². The minimum Gasteiger partial charge on any atom is -0.496 e. The molecule has 1 heterocycles. The molecule has 1 unspecified atom stereocenters. The van der Waals surface area contributed by atoms with Gasteiger partial charge in [0.05, 0.1) is 23.4 Å². The standard InChI is InChI=1S/C14H19ClN2O2.ClH/c1-3-9-4-5-17(8-9)14(18)10-6-11(15)12(16)7-13(10)19-2;/h6-7,9H,3-5,8,16H2,1-2H3;1H. The van der Waals surface area contributed by atoms with Gasteiger partial charge in [0.2, 0.25) is 0 Å². The average molecular weight is 319 g/mol. The van der Waals surface area contributed by atoms with Crippen LogP contribution in [0.2, 0.25) is 5.02 Å². The zero-order valence-electron chi connectivity index (χ0n) is 11.7. The number of nitrogens with two attached hydrogens (primary N) is 1. The summed E-state index contributed by atoms with van der Waals surface area (Å²) in [7, 11) is 1.53. The van der Waals surface area contributed by atoms with Crippen LogP contribution >= 0.6 is 24.0 Å². The van der Waals surface area contributed by atoms with Crippen LogP contribution in [-0.2, 0) is 0 Å². The van der Waals surface area contributed by atoms with E-state index in [1.54, 1.807) is 12.1 Å². The highest BCUT2D eigenvalue weighted by atomic mass is 35.5. The van der Waals surface area contributed by atoms with E-state index >= 15 is 0 Å². The van der Waals surface area contributed by atoms with Gasteiger partial charge in [0.25, 0.3) is 5.91 Å². The molecule has 1 saturated heterocycles. The molecule has 1 aliphatic heterocycles. The second kappa shape index (κ2) is 7.04. The minimum absolute atomic E-state index is 0. The molecule has 112 valence electrons. The van der Waals surface area contributed by atoms with Crippen LogP contribution in [0.4, 0.5) is 5.69 Å². The van der Waals surface area contributed by atoms with Gasteiger partial charge in [-0.05, 0) is 18.4 Å². The Labute approximate surface area is 130 Å². The van der Waals surface area contributed by atoms with Crippen LogP contribution in [0.1, 0.15) is 30.1 Å². The minimum atomic E-state index is -0.0327. The maximum Gasteiger partial charge on any atom is 0.257 e. The number of anilines is 1. The van der Waals surface area contributed by atoms with E-state index in [9.17, 15) is 4.79 Å². The third-order valence-electron chi connectivity index (χ3n) is 3.70. The Balaban J connectivity index is 0.00000200. The van der Waals surface area contributed by atoms with E-state index in [0.717, 1.165) is 25.9 Å². The fourth-order valence-corrected chi connectivity index (χ4v) is 2.59. The van der Waals surface area contributed by atoms with Gasteiger partial charge in [0, 0.05) is 19.2 Å². The molecule has 0 bridgehead atoms. The molecule has 0 aromatic heterocycles. The molecular weight excluding hydrogens is 299 g/mol. The number of benzene rings is 1. The lowest BCUT2D eigenvalue weighted by Crippen LogP contribution is -2.29. The van der Waals surface area contributed by atoms with Gasteiger partial charge in [-0.15, -0.1) is 12.4 Å². The van der Waals surface area contributed by atoms with Gasteiger partial charge < -0.3 is 15.4 Å². The number of likely N-dealkylation sites (tertiary alicyclic amines) is 1. The second-order valence-electron chi connectivity index (χ2n) is 4.89. The molecule has 0 aliphatic carbocycles. The second-order valence-corrected chi connectivity index (χ2v) is 5.30. The smallest absolute Gasteiger partial charge is 0.257 e. The Hall–Kier alpha value is -1.13. The highest BCUT2D eigenvalue weighted by Crippen LogP contribution is 2.31. The van der Waals surface area contributed by atoms with Crippen molar-refractivity contribution in [3.8, 4) is 5.75 Å². The molecule has 0 saturated carbocycles. The number of rotatable bonds is 3. The first kappa shape index (κ1) is 16.9. The predicted octanol–water partition coefficient (Wildman–Crippen LogP) is 3.22. The number of halogens is 2. The van der Waals surface area contributed by atoms with Crippen LogP contribution in [-0.4, -0.2) is 31.0 Å². The number of carbonyl (C=O) groups excluding carboxylic acids is 1. The van der Waals surface area contributed by atoms with Crippen molar-refractivity contribution in [1.82, 2.24) is 4.90 Å². The topological polar surface area (TPSA) is 55.6 Å². The Bertz CT molecular complexity index is 494. The van der Waals surface area contributed by atoms with Crippen molar-refractivity contribution in [3.05, 3.63) is 22.7 Å². The van der Waals surface area contributed by atoms with Crippen LogP contribution in [0, 0.1) is 5.92 Å². The summed E-state index contributed by atoms with van der Waals surface area (Å²) in [5, 5.41) is 0.385. The Morgan fingerprint density at radius 2 is 2.25 bits per heavy atom. The molecule has 0 radical (unpaired) electrons. The Morgan fingerprint density at radius 1 is 1.55 bits per heavy atom. The molecule has 1 aromatic rings. The fraction of sp³-hybridized carbons (Fsp3) is 0.500. The van der Waals surface area contributed by atoms with Gasteiger partial charge in [-0.2, -0.15) is 0 Å². The van der Waals surface area contributed by atoms with E-state index in [0.29, 0.717) is 27.9 Å². The van der Waals surface area contributed by atoms with Gasteiger partial charge in [-0.1, -0.05) is 24.9 Å². The number of ether oxygens (including phenoxy) is 1. The summed E-state index contributed by atoms with van der Waals surface area (Å²) in [4.78, 5) is 14.4. The van der Waals surface area contributed by atoms with Crippen LogP contribution in [0.3, 0.4) is 0 Å². The van der Waals surface area contributed by atoms with Gasteiger partial charge in [0.1, 0.15) is 5.75 Å². The first-order valence-corrected chi connectivity index (χ1v) is 6.86. The maximum absolute atomic E-state index is 12.5. The molecule has 4 nitrogen and oxygen atoms in total. The molecule has 0 spiro atoms. The Kier molecular flexibility index (Phi) is 5.96. The van der Waals surface area contributed by atoms with Crippen LogP contribution in [0.25, 0.3) is 0 Å². The lowest BCUT2D eigenvalue weighted by atomic mass is 10.1. The summed E-state index contributed by atoms with van der Waals surface area (Å²) < 4.78 is 5.23. The first-order chi connectivity index (χ1) is 9.06. The van der Waals surface area contributed by atoms with Gasteiger partial charge in [0.15, 0.2) is 0 Å². The third kappa shape index (κ3) is 3.30. The lowest BCUT2D eigenvalue weighted by Gasteiger charge is -2.18. The molecule has 1 aromatic carbocycles. The molecule has 1 fully saturated rings. The van der Waals surface area contributed by atoms with Crippen molar-refractivity contribution in [1.29, 1.82) is 0 Å². The number of hydrogen-bond acceptors (Lipinski definition) is 3. The summed E-state index contributed by atoms with van der Waals surface area (Å²) in [6.07, 6.45) is 2.16. The SMILES string of the molecule is CCC1CCN(C(=O)c2cc(Cl)c(N)cc2OC)C1.Cl. The summed E-state index contributed by atoms with van der Waals surface area (Å²) in [6.45, 7) is 3.75. The molecule has 20 heavy (non-hydrogen) atoms. The zero-order chi connectivity index (χ0) is 14.0. The number of nitrogens with zero attached hydrogens (tertiary/aromatic N) is 1. The summed E-state index contributed by atoms with van der Waals surface area (Å²) in [5.41, 5.74) is 6.63. The van der Waals surface area contributed by atoms with Crippen molar-refractivity contribution in [2.75, 3.05) is 25.9 Å². The molecular formula is C14H20Cl2N2O2. The highest BCUT2D eigenvalue weighted by Gasteiger charge is 2.27. The van der Waals surface area contributed by atoms with E-state index in [-0.39, 0.29) is 18.3 Å². The molecule has 1 aliphatic rings. The molecule has 2 N–H and O–H groups in total. The number of amides is 1. The number of carbonyl (C=O) groups is 1. The molecule has 1 atom stereocenters. The van der Waals surface area contributed by atoms with E-state index in [1.807, 2.05) is 4.90 Å². The number of hydrogen-bond donors (Lipinski definition) is 1. The lowest BCUT2D eigenvalue weighted by molar-refractivity contribution is 0.0783. The fourth-order valence-electron chi connectivity index (χ4n) is 2.43. The van der Waals surface area contributed by atoms with Crippen LogP contribution in [0.15, 0.2) is 12.1 Å². The van der Waals surface area contributed by atoms with Crippen LogP contribution in [0.5, 0.6) is 5.75 Å². The summed E-state index contributed by atoms with van der Waals surface area (Å²) in [6, 6.07) is 3.19. The van der Waals surface area contributed by atoms with Gasteiger partial charge in [-0.3, -0.25) is 4.79 Å². The average Bonchev–Trinajstić information content (AvgIpc) is 2.89. The van der Waals surface area contributed by atoms with Crippen molar-refractivity contribution < 1.29 is 9.53 Å². The van der Waals surface area contributed by atoms with E-state index in [4.69, 9.17) is 22.1 Å². The monoisotopic (exact) mass is 318 g/mol. The third-order valence-corrected chi connectivity index (χ3v) is 4.03. The van der Waals surface area contributed by atoms with Crippen molar-refractivity contribution in [3.63, 3.8) is 0 Å². The molecule has 6 heteroatoms. The highest BCUT2D eigenvalue weighted by molar-refractivity contribution is 6.33. The van der Waals surface area contributed by atoms with Gasteiger partial charge >= 0.3 is 0 Å². The van der Waals surface area contributed by atoms with Crippen LogP contribution < -0.4 is 10.5 Å². The van der Waals surface area contributed by atoms with E-state index < -0.39 is 0 Å². The predicted molar refractivity (Wildman–Crippen MR) is 84.0 cm³/mol. The largest absolute Gasteiger partial charge is 0.496 e. The van der Waals surface area contributed by atoms with E-state index in [1.165, 1.54) is 7.11 Å². The van der Waals surface area contributed by atoms with Gasteiger partial charge in [-0.25, -0.2) is 0 Å². The Morgan fingerprint density at radius 3 is 2.80 bits per heavy atom. The van der Waals surface area contributed by atoms with E-state index in [2.05, 4.69) is 6.92 Å². The van der Waals surface area contributed by atoms with Crippen molar-refractivity contribution in [2.45, 2.75) is 19.8 Å². The normalized spacial score (nSPS) is 17.8. The summed E-state index contributed by atoms with van der Waals surface area (Å²) in [5.74, 6) is 1.04. The molecule has 1 amide bonds. The quantitative estimate of drug-likeness (QED) is 0.870. The first-order valence-electron chi connectivity index (χ1n) is 6.49. The zero-order valence-corrected chi connectivity index (χ0v) is 13.3. The molecule has 2 rings (SSSR count).